The Morgan fingerprint density at radius 3 is 2.72 bits per heavy atom. The monoisotopic (exact) mass is 273 g/mol. The minimum Gasteiger partial charge on any atom is -0.446 e. The molecule has 1 aromatic rings. The van der Waals surface area contributed by atoms with Gasteiger partial charge in [-0.15, -0.1) is 0 Å². The maximum absolute atomic E-state index is 12.5. The number of furan rings is 1. The summed E-state index contributed by atoms with van der Waals surface area (Å²) in [5.41, 5.74) is 0. The first-order valence-electron chi connectivity index (χ1n) is 6.23. The summed E-state index contributed by atoms with van der Waals surface area (Å²) in [4.78, 5) is 0. The molecule has 6 heteroatoms. The maximum Gasteiger partial charge on any atom is 0.276 e. The molecular weight excluding hydrogens is 254 g/mol. The Hall–Kier alpha value is -0.850. The molecule has 0 spiro atoms. The van der Waals surface area contributed by atoms with Gasteiger partial charge in [0.25, 0.3) is 10.0 Å². The number of aliphatic hydroxyl groups is 1. The fourth-order valence-corrected chi connectivity index (χ4v) is 4.44. The molecular formula is C12H19NO4S. The lowest BCUT2D eigenvalue weighted by molar-refractivity contribution is 0.233. The lowest BCUT2D eigenvalue weighted by atomic mass is 10.2. The van der Waals surface area contributed by atoms with E-state index in [4.69, 9.17) is 9.52 Å². The summed E-state index contributed by atoms with van der Waals surface area (Å²) < 4.78 is 31.7. The molecule has 2 atom stereocenters. The zero-order valence-electron chi connectivity index (χ0n) is 10.7. The summed E-state index contributed by atoms with van der Waals surface area (Å²) in [6, 6.07) is 2.96. The van der Waals surface area contributed by atoms with E-state index in [0.717, 1.165) is 19.3 Å². The number of hydrogen-bond donors (Lipinski definition) is 1. The number of sulfonamides is 1. The number of hydrogen-bond acceptors (Lipinski definition) is 4. The minimum absolute atomic E-state index is 0.00243. The van der Waals surface area contributed by atoms with Crippen molar-refractivity contribution in [1.29, 1.82) is 0 Å². The molecule has 102 valence electrons. The average Bonchev–Trinajstić information content (AvgIpc) is 2.95. The number of aliphatic hydroxyl groups excluding tert-OH is 1. The second kappa shape index (κ2) is 5.03. The second-order valence-corrected chi connectivity index (χ2v) is 6.48. The Morgan fingerprint density at radius 1 is 1.44 bits per heavy atom. The van der Waals surface area contributed by atoms with E-state index in [1.807, 2.05) is 13.8 Å². The van der Waals surface area contributed by atoms with Crippen LogP contribution in [0.5, 0.6) is 0 Å². The van der Waals surface area contributed by atoms with Gasteiger partial charge in [0.1, 0.15) is 12.4 Å². The van der Waals surface area contributed by atoms with Gasteiger partial charge in [-0.3, -0.25) is 0 Å². The summed E-state index contributed by atoms with van der Waals surface area (Å²) >= 11 is 0. The van der Waals surface area contributed by atoms with Crippen molar-refractivity contribution in [3.63, 3.8) is 0 Å². The van der Waals surface area contributed by atoms with Crippen LogP contribution in [0.1, 0.15) is 38.9 Å². The quantitative estimate of drug-likeness (QED) is 0.906. The molecule has 1 aliphatic rings. The third kappa shape index (κ3) is 2.20. The van der Waals surface area contributed by atoms with Crippen LogP contribution >= 0.6 is 0 Å². The van der Waals surface area contributed by atoms with Crippen LogP contribution in [0.2, 0.25) is 0 Å². The van der Waals surface area contributed by atoms with Crippen LogP contribution in [0, 0.1) is 0 Å². The van der Waals surface area contributed by atoms with E-state index in [1.54, 1.807) is 4.31 Å². The van der Waals surface area contributed by atoms with E-state index in [2.05, 4.69) is 0 Å². The van der Waals surface area contributed by atoms with Gasteiger partial charge in [-0.25, -0.2) is 8.42 Å². The molecule has 1 N–H and O–H groups in total. The van der Waals surface area contributed by atoms with E-state index >= 15 is 0 Å². The van der Waals surface area contributed by atoms with Crippen LogP contribution in [0.3, 0.4) is 0 Å². The highest BCUT2D eigenvalue weighted by Crippen LogP contribution is 2.32. The largest absolute Gasteiger partial charge is 0.446 e. The first kappa shape index (κ1) is 13.6. The highest BCUT2D eigenvalue weighted by Gasteiger charge is 2.40. The van der Waals surface area contributed by atoms with Gasteiger partial charge in [-0.2, -0.15) is 4.31 Å². The normalized spacial score (nSPS) is 25.7. The van der Waals surface area contributed by atoms with Crippen LogP contribution < -0.4 is 0 Å². The molecule has 0 bridgehead atoms. The predicted molar refractivity (Wildman–Crippen MR) is 66.4 cm³/mol. The summed E-state index contributed by atoms with van der Waals surface area (Å²) in [5.74, 6) is 0.272. The van der Waals surface area contributed by atoms with Gasteiger partial charge in [0.15, 0.2) is 0 Å². The standard InChI is InChI=1S/C12H19NO4S/c1-3-10-5-4-9(2)13(10)18(15,16)12-7-6-11(8-14)17-12/h6-7,9-10,14H,3-5,8H2,1-2H3. The van der Waals surface area contributed by atoms with Crippen LogP contribution in [-0.2, 0) is 16.6 Å². The Labute approximate surface area is 107 Å². The van der Waals surface area contributed by atoms with Crippen LogP contribution in [0.4, 0.5) is 0 Å². The molecule has 0 aliphatic carbocycles. The zero-order chi connectivity index (χ0) is 13.3. The molecule has 0 amide bonds. The average molecular weight is 273 g/mol. The fourth-order valence-electron chi connectivity index (χ4n) is 2.55. The minimum atomic E-state index is -3.58. The first-order chi connectivity index (χ1) is 8.50. The van der Waals surface area contributed by atoms with Crippen LogP contribution in [-0.4, -0.2) is 29.9 Å². The van der Waals surface area contributed by atoms with Crippen LogP contribution in [0.25, 0.3) is 0 Å². The van der Waals surface area contributed by atoms with Crippen molar-refractivity contribution in [2.24, 2.45) is 0 Å². The molecule has 1 fully saturated rings. The Kier molecular flexibility index (Phi) is 3.79. The SMILES string of the molecule is CCC1CCC(C)N1S(=O)(=O)c1ccc(CO)o1. The highest BCUT2D eigenvalue weighted by molar-refractivity contribution is 7.89. The van der Waals surface area contributed by atoms with Gasteiger partial charge >= 0.3 is 0 Å². The predicted octanol–water partition coefficient (Wildman–Crippen LogP) is 1.72. The molecule has 1 aliphatic heterocycles. The van der Waals surface area contributed by atoms with Crippen molar-refractivity contribution in [2.45, 2.75) is 56.9 Å². The van der Waals surface area contributed by atoms with Crippen molar-refractivity contribution in [1.82, 2.24) is 4.31 Å². The molecule has 0 saturated carbocycles. The number of nitrogens with zero attached hydrogens (tertiary/aromatic N) is 1. The van der Waals surface area contributed by atoms with Crippen molar-refractivity contribution in [3.05, 3.63) is 17.9 Å². The third-order valence-corrected chi connectivity index (χ3v) is 5.45. The van der Waals surface area contributed by atoms with Gasteiger partial charge in [-0.05, 0) is 38.3 Å². The molecule has 5 nitrogen and oxygen atoms in total. The van der Waals surface area contributed by atoms with Crippen molar-refractivity contribution in [3.8, 4) is 0 Å². The molecule has 2 heterocycles. The molecule has 0 radical (unpaired) electrons. The number of rotatable bonds is 4. The molecule has 1 saturated heterocycles. The van der Waals surface area contributed by atoms with E-state index in [0.29, 0.717) is 0 Å². The third-order valence-electron chi connectivity index (χ3n) is 3.51. The Morgan fingerprint density at radius 2 is 2.17 bits per heavy atom. The Balaban J connectivity index is 2.35. The maximum atomic E-state index is 12.5. The van der Waals surface area contributed by atoms with Gasteiger partial charge in [0.2, 0.25) is 5.09 Å². The molecule has 1 aromatic heterocycles. The fraction of sp³-hybridized carbons (Fsp3) is 0.667. The first-order valence-corrected chi connectivity index (χ1v) is 7.67. The zero-order valence-corrected chi connectivity index (χ0v) is 11.5. The van der Waals surface area contributed by atoms with Crippen molar-refractivity contribution >= 4 is 10.0 Å². The van der Waals surface area contributed by atoms with Gasteiger partial charge in [-0.1, -0.05) is 6.92 Å². The second-order valence-electron chi connectivity index (χ2n) is 4.70. The smallest absolute Gasteiger partial charge is 0.276 e. The summed E-state index contributed by atoms with van der Waals surface area (Å²) in [5, 5.41) is 8.86. The van der Waals surface area contributed by atoms with E-state index in [9.17, 15) is 8.42 Å². The van der Waals surface area contributed by atoms with Gasteiger partial charge in [0.05, 0.1) is 0 Å². The molecule has 2 unspecified atom stereocenters. The van der Waals surface area contributed by atoms with Crippen LogP contribution in [0.15, 0.2) is 21.6 Å². The Bertz CT molecular complexity index is 508. The molecule has 2 rings (SSSR count). The summed E-state index contributed by atoms with van der Waals surface area (Å²) in [7, 11) is -3.58. The van der Waals surface area contributed by atoms with Crippen molar-refractivity contribution in [2.75, 3.05) is 0 Å². The highest BCUT2D eigenvalue weighted by atomic mass is 32.2. The lowest BCUT2D eigenvalue weighted by Gasteiger charge is -2.25. The van der Waals surface area contributed by atoms with Gasteiger partial charge in [0, 0.05) is 12.1 Å². The van der Waals surface area contributed by atoms with E-state index < -0.39 is 10.0 Å². The summed E-state index contributed by atoms with van der Waals surface area (Å²) in [6.45, 7) is 3.62. The topological polar surface area (TPSA) is 70.8 Å². The van der Waals surface area contributed by atoms with Gasteiger partial charge < -0.3 is 9.52 Å². The van der Waals surface area contributed by atoms with E-state index in [1.165, 1.54) is 12.1 Å². The van der Waals surface area contributed by atoms with Crippen molar-refractivity contribution < 1.29 is 17.9 Å². The molecule has 0 aromatic carbocycles. The lowest BCUT2D eigenvalue weighted by Crippen LogP contribution is -2.39. The summed E-state index contributed by atoms with van der Waals surface area (Å²) in [6.07, 6.45) is 2.58. The molecule has 18 heavy (non-hydrogen) atoms. The van der Waals surface area contributed by atoms with E-state index in [-0.39, 0.29) is 29.5 Å².